The van der Waals surface area contributed by atoms with Gasteiger partial charge in [0.2, 0.25) is 0 Å². The number of aliphatic hydroxyl groups is 1. The number of hydrogen-bond acceptors (Lipinski definition) is 2. The van der Waals surface area contributed by atoms with Crippen LogP contribution in [0.5, 0.6) is 0 Å². The van der Waals surface area contributed by atoms with Crippen LogP contribution in [0.25, 0.3) is 0 Å². The summed E-state index contributed by atoms with van der Waals surface area (Å²) in [4.78, 5) is 2.43. The van der Waals surface area contributed by atoms with Gasteiger partial charge in [0, 0.05) is 13.2 Å². The molecule has 0 radical (unpaired) electrons. The Balaban J connectivity index is 2.41. The van der Waals surface area contributed by atoms with E-state index in [-0.39, 0.29) is 0 Å². The summed E-state index contributed by atoms with van der Waals surface area (Å²) < 4.78 is 0. The summed E-state index contributed by atoms with van der Waals surface area (Å²) in [6, 6.07) is 0. The second-order valence-corrected chi connectivity index (χ2v) is 5.08. The number of aliphatic hydroxyl groups excluding tert-OH is 1. The summed E-state index contributed by atoms with van der Waals surface area (Å²) in [5, 5.41) is 8.88. The van der Waals surface area contributed by atoms with Crippen LogP contribution >= 0.6 is 0 Å². The molecule has 0 aromatic rings. The second kappa shape index (κ2) is 5.72. The molecule has 2 atom stereocenters. The quantitative estimate of drug-likeness (QED) is 0.732. The first-order valence-electron chi connectivity index (χ1n) is 5.94. The van der Waals surface area contributed by atoms with E-state index < -0.39 is 0 Å². The van der Waals surface area contributed by atoms with Crippen molar-refractivity contribution in [1.29, 1.82) is 0 Å². The van der Waals surface area contributed by atoms with Gasteiger partial charge in [0.1, 0.15) is 0 Å². The van der Waals surface area contributed by atoms with Gasteiger partial charge in [-0.3, -0.25) is 0 Å². The third kappa shape index (κ3) is 3.25. The van der Waals surface area contributed by atoms with Crippen molar-refractivity contribution in [2.45, 2.75) is 33.1 Å². The molecule has 1 saturated heterocycles. The molecule has 2 unspecified atom stereocenters. The fourth-order valence-corrected chi connectivity index (χ4v) is 2.76. The Labute approximate surface area is 88.3 Å². The van der Waals surface area contributed by atoms with E-state index in [0.29, 0.717) is 6.61 Å². The number of nitrogens with zero attached hydrogens (tertiary/aromatic N) is 1. The molecule has 1 rings (SSSR count). The highest BCUT2D eigenvalue weighted by molar-refractivity contribution is 4.81. The molecule has 1 N–H and O–H groups in total. The van der Waals surface area contributed by atoms with Crippen molar-refractivity contribution < 1.29 is 5.11 Å². The van der Waals surface area contributed by atoms with Crippen LogP contribution in [-0.4, -0.2) is 36.8 Å². The third-order valence-electron chi connectivity index (χ3n) is 3.59. The van der Waals surface area contributed by atoms with Gasteiger partial charge in [-0.05, 0) is 50.6 Å². The SMILES string of the molecule is CC(C)C(CCCO)C1CCN(C)C1. The highest BCUT2D eigenvalue weighted by Gasteiger charge is 2.29. The molecule has 84 valence electrons. The van der Waals surface area contributed by atoms with Crippen LogP contribution in [0.15, 0.2) is 0 Å². The summed E-state index contributed by atoms with van der Waals surface area (Å²) >= 11 is 0. The fraction of sp³-hybridized carbons (Fsp3) is 1.00. The molecule has 2 nitrogen and oxygen atoms in total. The van der Waals surface area contributed by atoms with Gasteiger partial charge < -0.3 is 10.0 Å². The first-order chi connectivity index (χ1) is 6.65. The Bertz CT molecular complexity index is 158. The van der Waals surface area contributed by atoms with E-state index >= 15 is 0 Å². The van der Waals surface area contributed by atoms with E-state index in [1.165, 1.54) is 25.9 Å². The van der Waals surface area contributed by atoms with Crippen LogP contribution in [-0.2, 0) is 0 Å². The molecule has 0 bridgehead atoms. The number of likely N-dealkylation sites (tertiary alicyclic amines) is 1. The van der Waals surface area contributed by atoms with Gasteiger partial charge in [-0.15, -0.1) is 0 Å². The molecule has 1 aliphatic heterocycles. The summed E-state index contributed by atoms with van der Waals surface area (Å²) in [7, 11) is 2.21. The lowest BCUT2D eigenvalue weighted by molar-refractivity contribution is 0.205. The van der Waals surface area contributed by atoms with Gasteiger partial charge in [-0.2, -0.15) is 0 Å². The second-order valence-electron chi connectivity index (χ2n) is 5.08. The molecule has 1 fully saturated rings. The highest BCUT2D eigenvalue weighted by atomic mass is 16.2. The molecular weight excluding hydrogens is 174 g/mol. The maximum atomic E-state index is 8.88. The number of rotatable bonds is 5. The molecule has 0 saturated carbocycles. The van der Waals surface area contributed by atoms with Gasteiger partial charge in [-0.1, -0.05) is 13.8 Å². The molecule has 0 aliphatic carbocycles. The topological polar surface area (TPSA) is 23.5 Å². The summed E-state index contributed by atoms with van der Waals surface area (Å²) in [6.45, 7) is 7.51. The van der Waals surface area contributed by atoms with Crippen LogP contribution in [0.2, 0.25) is 0 Å². The monoisotopic (exact) mass is 199 g/mol. The van der Waals surface area contributed by atoms with Gasteiger partial charge in [-0.25, -0.2) is 0 Å². The lowest BCUT2D eigenvalue weighted by Gasteiger charge is -2.27. The van der Waals surface area contributed by atoms with Crippen LogP contribution < -0.4 is 0 Å². The van der Waals surface area contributed by atoms with E-state index in [0.717, 1.165) is 24.2 Å². The Kier molecular flexibility index (Phi) is 4.90. The van der Waals surface area contributed by atoms with Crippen molar-refractivity contribution in [1.82, 2.24) is 4.90 Å². The zero-order chi connectivity index (χ0) is 10.6. The van der Waals surface area contributed by atoms with E-state index in [1.54, 1.807) is 0 Å². The number of hydrogen-bond donors (Lipinski definition) is 1. The lowest BCUT2D eigenvalue weighted by Crippen LogP contribution is -2.23. The van der Waals surface area contributed by atoms with Gasteiger partial charge in [0.25, 0.3) is 0 Å². The summed E-state index contributed by atoms with van der Waals surface area (Å²) in [6.07, 6.45) is 3.53. The molecule has 0 spiro atoms. The summed E-state index contributed by atoms with van der Waals surface area (Å²) in [5.41, 5.74) is 0. The first kappa shape index (κ1) is 12.0. The Morgan fingerprint density at radius 3 is 2.57 bits per heavy atom. The van der Waals surface area contributed by atoms with Crippen LogP contribution in [0.4, 0.5) is 0 Å². The van der Waals surface area contributed by atoms with Gasteiger partial charge in [0.05, 0.1) is 0 Å². The molecule has 0 amide bonds. The van der Waals surface area contributed by atoms with Crippen molar-refractivity contribution >= 4 is 0 Å². The average molecular weight is 199 g/mol. The van der Waals surface area contributed by atoms with Crippen LogP contribution in [0.3, 0.4) is 0 Å². The molecule has 14 heavy (non-hydrogen) atoms. The molecule has 1 aliphatic rings. The Morgan fingerprint density at radius 2 is 2.14 bits per heavy atom. The minimum absolute atomic E-state index is 0.353. The van der Waals surface area contributed by atoms with E-state index in [4.69, 9.17) is 5.11 Å². The lowest BCUT2D eigenvalue weighted by atomic mass is 9.80. The zero-order valence-electron chi connectivity index (χ0n) is 9.87. The predicted molar refractivity (Wildman–Crippen MR) is 60.3 cm³/mol. The largest absolute Gasteiger partial charge is 0.396 e. The molecule has 0 aromatic carbocycles. The molecule has 0 aromatic heterocycles. The van der Waals surface area contributed by atoms with Crippen LogP contribution in [0, 0.1) is 17.8 Å². The van der Waals surface area contributed by atoms with Crippen molar-refractivity contribution in [2.24, 2.45) is 17.8 Å². The third-order valence-corrected chi connectivity index (χ3v) is 3.59. The molecule has 2 heteroatoms. The molecular formula is C12H25NO. The zero-order valence-corrected chi connectivity index (χ0v) is 9.87. The van der Waals surface area contributed by atoms with Crippen molar-refractivity contribution in [3.05, 3.63) is 0 Å². The standard InChI is InChI=1S/C12H25NO/c1-10(2)12(5-4-8-14)11-6-7-13(3)9-11/h10-12,14H,4-9H2,1-3H3. The van der Waals surface area contributed by atoms with Crippen molar-refractivity contribution in [3.8, 4) is 0 Å². The molecule has 1 heterocycles. The maximum Gasteiger partial charge on any atom is 0.0431 e. The maximum absolute atomic E-state index is 8.88. The fourth-order valence-electron chi connectivity index (χ4n) is 2.76. The van der Waals surface area contributed by atoms with Crippen molar-refractivity contribution in [3.63, 3.8) is 0 Å². The average Bonchev–Trinajstić information content (AvgIpc) is 2.52. The smallest absolute Gasteiger partial charge is 0.0431 e. The minimum Gasteiger partial charge on any atom is -0.396 e. The Hall–Kier alpha value is -0.0800. The van der Waals surface area contributed by atoms with E-state index in [2.05, 4.69) is 25.8 Å². The van der Waals surface area contributed by atoms with Gasteiger partial charge >= 0.3 is 0 Å². The normalized spacial score (nSPS) is 25.9. The predicted octanol–water partition coefficient (Wildman–Crippen LogP) is 1.98. The van der Waals surface area contributed by atoms with E-state index in [1.807, 2.05) is 0 Å². The van der Waals surface area contributed by atoms with Crippen LogP contribution in [0.1, 0.15) is 33.1 Å². The summed E-state index contributed by atoms with van der Waals surface area (Å²) in [5.74, 6) is 2.44. The minimum atomic E-state index is 0.353. The highest BCUT2D eigenvalue weighted by Crippen LogP contribution is 2.32. The van der Waals surface area contributed by atoms with Gasteiger partial charge in [0.15, 0.2) is 0 Å². The first-order valence-corrected chi connectivity index (χ1v) is 5.94. The Morgan fingerprint density at radius 1 is 1.43 bits per heavy atom. The van der Waals surface area contributed by atoms with Crippen molar-refractivity contribution in [2.75, 3.05) is 26.7 Å². The van der Waals surface area contributed by atoms with E-state index in [9.17, 15) is 0 Å².